The summed E-state index contributed by atoms with van der Waals surface area (Å²) in [5.41, 5.74) is 0.756. The lowest BCUT2D eigenvalue weighted by atomic mass is 9.71. The Kier molecular flexibility index (Phi) is 3.69. The molecule has 0 spiro atoms. The lowest BCUT2D eigenvalue weighted by Gasteiger charge is -2.34. The molecule has 0 fully saturated rings. The van der Waals surface area contributed by atoms with Crippen LogP contribution < -0.4 is 5.32 Å². The molecule has 1 aliphatic carbocycles. The number of carbonyl (C=O) groups excluding carboxylic acids is 2. The van der Waals surface area contributed by atoms with E-state index in [9.17, 15) is 14.7 Å². The minimum absolute atomic E-state index is 0.292. The Labute approximate surface area is 137 Å². The Morgan fingerprint density at radius 2 is 2.09 bits per heavy atom. The first-order chi connectivity index (χ1) is 11.0. The van der Waals surface area contributed by atoms with Crippen LogP contribution in [0.1, 0.15) is 25.0 Å². The Hall–Kier alpha value is -2.60. The van der Waals surface area contributed by atoms with Gasteiger partial charge in [0.1, 0.15) is 5.41 Å². The van der Waals surface area contributed by atoms with Gasteiger partial charge >= 0.3 is 5.97 Å². The average Bonchev–Trinajstić information content (AvgIpc) is 2.85. The molecule has 6 heteroatoms. The molecule has 2 N–H and O–H groups in total. The second-order valence-corrected chi connectivity index (χ2v) is 6.14. The van der Waals surface area contributed by atoms with Crippen molar-refractivity contribution < 1.29 is 19.4 Å². The van der Waals surface area contributed by atoms with Crippen molar-refractivity contribution in [2.45, 2.75) is 19.3 Å². The smallest absolute Gasteiger partial charge is 0.308 e. The van der Waals surface area contributed by atoms with Gasteiger partial charge in [-0.2, -0.15) is 11.3 Å². The van der Waals surface area contributed by atoms with Crippen molar-refractivity contribution in [2.75, 3.05) is 0 Å². The summed E-state index contributed by atoms with van der Waals surface area (Å²) in [5.74, 6) is -1.72. The van der Waals surface area contributed by atoms with Crippen LogP contribution in [-0.4, -0.2) is 16.9 Å². The van der Waals surface area contributed by atoms with E-state index in [1.165, 1.54) is 18.3 Å². The highest BCUT2D eigenvalue weighted by molar-refractivity contribution is 7.08. The molecule has 1 atom stereocenters. The zero-order valence-electron chi connectivity index (χ0n) is 12.6. The van der Waals surface area contributed by atoms with Crippen LogP contribution in [0.2, 0.25) is 0 Å². The Morgan fingerprint density at radius 3 is 2.83 bits per heavy atom. The molecule has 3 rings (SSSR count). The number of aliphatic hydroxyl groups is 1. The largest absolute Gasteiger partial charge is 0.504 e. The van der Waals surface area contributed by atoms with Gasteiger partial charge in [-0.3, -0.25) is 9.59 Å². The summed E-state index contributed by atoms with van der Waals surface area (Å²) in [7, 11) is 0. The van der Waals surface area contributed by atoms with Gasteiger partial charge in [0.2, 0.25) is 11.5 Å². The molecule has 23 heavy (non-hydrogen) atoms. The van der Waals surface area contributed by atoms with Crippen molar-refractivity contribution >= 4 is 28.8 Å². The SMILES string of the molecule is CC(=O)OC1=C(O)c2cscc2C(C)(C2=CC=CC=CN2)C1=O. The average molecular weight is 329 g/mol. The normalized spacial score (nSPS) is 23.0. The molecule has 0 saturated carbocycles. The first kappa shape index (κ1) is 15.3. The quantitative estimate of drug-likeness (QED) is 0.816. The summed E-state index contributed by atoms with van der Waals surface area (Å²) < 4.78 is 5.01. The van der Waals surface area contributed by atoms with E-state index in [2.05, 4.69) is 5.32 Å². The standard InChI is InChI=1S/C17H15NO4S/c1-10(19)22-15-14(20)11-8-23-9-12(11)17(2,16(15)21)13-6-4-3-5-7-18-13/h3-9,18,20H,1-2H3. The van der Waals surface area contributed by atoms with Gasteiger partial charge in [-0.15, -0.1) is 0 Å². The maximum absolute atomic E-state index is 13.0. The third-order valence-corrected chi connectivity index (χ3v) is 4.68. The van der Waals surface area contributed by atoms with E-state index in [0.717, 1.165) is 0 Å². The van der Waals surface area contributed by atoms with Crippen molar-refractivity contribution in [2.24, 2.45) is 0 Å². The number of nitrogens with one attached hydrogen (secondary N) is 1. The summed E-state index contributed by atoms with van der Waals surface area (Å²) in [6.45, 7) is 2.95. The van der Waals surface area contributed by atoms with Crippen molar-refractivity contribution in [1.82, 2.24) is 5.32 Å². The van der Waals surface area contributed by atoms with Crippen LogP contribution in [0.15, 0.2) is 52.7 Å². The van der Waals surface area contributed by atoms with Gasteiger partial charge in [0.25, 0.3) is 0 Å². The molecule has 118 valence electrons. The maximum atomic E-state index is 13.0. The van der Waals surface area contributed by atoms with Crippen molar-refractivity contribution in [3.8, 4) is 0 Å². The van der Waals surface area contributed by atoms with E-state index in [1.54, 1.807) is 24.6 Å². The summed E-state index contributed by atoms with van der Waals surface area (Å²) in [6, 6.07) is 0. The van der Waals surface area contributed by atoms with Crippen molar-refractivity contribution in [1.29, 1.82) is 0 Å². The predicted octanol–water partition coefficient (Wildman–Crippen LogP) is 2.94. The molecule has 0 amide bonds. The molecular weight excluding hydrogens is 314 g/mol. The molecule has 0 radical (unpaired) electrons. The van der Waals surface area contributed by atoms with E-state index < -0.39 is 17.2 Å². The number of esters is 1. The number of allylic oxidation sites excluding steroid dienone is 6. The molecular formula is C17H15NO4S. The van der Waals surface area contributed by atoms with Crippen LogP contribution >= 0.6 is 11.3 Å². The van der Waals surface area contributed by atoms with Gasteiger partial charge in [-0.05, 0) is 30.0 Å². The summed E-state index contributed by atoms with van der Waals surface area (Å²) in [4.78, 5) is 24.4. The minimum atomic E-state index is -1.08. The number of fused-ring (bicyclic) bond motifs is 1. The van der Waals surface area contributed by atoms with Crippen molar-refractivity contribution in [3.05, 3.63) is 63.8 Å². The number of carbonyl (C=O) groups is 2. The molecule has 0 aromatic carbocycles. The predicted molar refractivity (Wildman–Crippen MR) is 87.5 cm³/mol. The molecule has 5 nitrogen and oxygen atoms in total. The maximum Gasteiger partial charge on any atom is 0.308 e. The number of ether oxygens (including phenoxy) is 1. The summed E-state index contributed by atoms with van der Waals surface area (Å²) in [6.07, 6.45) is 9.00. The van der Waals surface area contributed by atoms with E-state index in [4.69, 9.17) is 4.74 Å². The van der Waals surface area contributed by atoms with E-state index >= 15 is 0 Å². The second-order valence-electron chi connectivity index (χ2n) is 5.39. The molecule has 0 saturated heterocycles. The second kappa shape index (κ2) is 5.55. The van der Waals surface area contributed by atoms with E-state index in [-0.39, 0.29) is 11.5 Å². The highest BCUT2D eigenvalue weighted by Gasteiger charge is 2.49. The Morgan fingerprint density at radius 1 is 1.30 bits per heavy atom. The zero-order valence-corrected chi connectivity index (χ0v) is 13.4. The monoisotopic (exact) mass is 329 g/mol. The van der Waals surface area contributed by atoms with Crippen LogP contribution in [0.4, 0.5) is 0 Å². The van der Waals surface area contributed by atoms with Gasteiger partial charge in [-0.25, -0.2) is 0 Å². The van der Waals surface area contributed by atoms with Gasteiger partial charge < -0.3 is 15.2 Å². The number of ketones is 1. The molecule has 1 aliphatic heterocycles. The fourth-order valence-electron chi connectivity index (χ4n) is 2.72. The topological polar surface area (TPSA) is 75.6 Å². The van der Waals surface area contributed by atoms with Crippen LogP contribution in [0.5, 0.6) is 0 Å². The number of thiophene rings is 1. The molecule has 0 bridgehead atoms. The first-order valence-electron chi connectivity index (χ1n) is 7.00. The number of Topliss-reactive ketones (excluding diaryl/α,β-unsaturated/α-hetero) is 1. The van der Waals surface area contributed by atoms with Gasteiger partial charge in [0, 0.05) is 29.8 Å². The third-order valence-electron chi connectivity index (χ3n) is 3.94. The van der Waals surface area contributed by atoms with E-state index in [1.807, 2.05) is 23.6 Å². The van der Waals surface area contributed by atoms with E-state index in [0.29, 0.717) is 16.8 Å². The Balaban J connectivity index is 2.21. The number of rotatable bonds is 2. The lowest BCUT2D eigenvalue weighted by Crippen LogP contribution is -2.43. The Bertz CT molecular complexity index is 812. The third kappa shape index (κ3) is 2.31. The van der Waals surface area contributed by atoms with Crippen LogP contribution in [0.25, 0.3) is 5.76 Å². The van der Waals surface area contributed by atoms with Crippen LogP contribution in [0, 0.1) is 0 Å². The highest BCUT2D eigenvalue weighted by Crippen LogP contribution is 2.45. The molecule has 1 aromatic heterocycles. The summed E-state index contributed by atoms with van der Waals surface area (Å²) >= 11 is 1.38. The lowest BCUT2D eigenvalue weighted by molar-refractivity contribution is -0.141. The fourth-order valence-corrected chi connectivity index (χ4v) is 3.66. The van der Waals surface area contributed by atoms with Crippen molar-refractivity contribution in [3.63, 3.8) is 0 Å². The molecule has 1 aromatic rings. The zero-order chi connectivity index (χ0) is 16.6. The summed E-state index contributed by atoms with van der Waals surface area (Å²) in [5, 5.41) is 17.0. The number of hydrogen-bond donors (Lipinski definition) is 2. The number of aliphatic hydroxyl groups excluding tert-OH is 1. The molecule has 1 unspecified atom stereocenters. The van der Waals surface area contributed by atoms with Crippen LogP contribution in [-0.2, 0) is 19.7 Å². The first-order valence-corrected chi connectivity index (χ1v) is 7.94. The number of hydrogen-bond acceptors (Lipinski definition) is 6. The highest BCUT2D eigenvalue weighted by atomic mass is 32.1. The van der Waals surface area contributed by atoms with Gasteiger partial charge in [-0.1, -0.05) is 12.2 Å². The van der Waals surface area contributed by atoms with Gasteiger partial charge in [0.05, 0.1) is 0 Å². The fraction of sp³-hybridized carbons (Fsp3) is 0.176. The molecule has 2 heterocycles. The minimum Gasteiger partial charge on any atom is -0.504 e. The molecule has 2 aliphatic rings. The van der Waals surface area contributed by atoms with Crippen LogP contribution in [0.3, 0.4) is 0 Å². The van der Waals surface area contributed by atoms with Gasteiger partial charge in [0.15, 0.2) is 5.76 Å².